The van der Waals surface area contributed by atoms with Crippen LogP contribution in [0.15, 0.2) is 66.9 Å². The Labute approximate surface area is 208 Å². The van der Waals surface area contributed by atoms with Crippen LogP contribution in [-0.2, 0) is 0 Å². The van der Waals surface area contributed by atoms with E-state index >= 15 is 0 Å². The fourth-order valence-corrected chi connectivity index (χ4v) is 5.08. The fourth-order valence-electron chi connectivity index (χ4n) is 5.08. The highest BCUT2D eigenvalue weighted by molar-refractivity contribution is 6.20. The lowest BCUT2D eigenvalue weighted by Crippen LogP contribution is -2.03. The molecule has 5 heteroatoms. The van der Waals surface area contributed by atoms with E-state index in [1.54, 1.807) is 12.3 Å². The van der Waals surface area contributed by atoms with E-state index in [1.807, 2.05) is 80.6 Å². The highest BCUT2D eigenvalue weighted by atomic mass is 14.7. The Morgan fingerprint density at radius 2 is 1.14 bits per heavy atom. The molecule has 36 heavy (non-hydrogen) atoms. The molecule has 1 aromatic heterocycles. The van der Waals surface area contributed by atoms with Crippen molar-refractivity contribution in [1.29, 1.82) is 21.0 Å². The van der Waals surface area contributed by atoms with E-state index in [2.05, 4.69) is 17.1 Å². The van der Waals surface area contributed by atoms with Gasteiger partial charge in [-0.25, -0.2) is 0 Å². The quantitative estimate of drug-likeness (QED) is 0.269. The van der Waals surface area contributed by atoms with Crippen molar-refractivity contribution >= 4 is 21.7 Å². The third-order valence-electron chi connectivity index (χ3n) is 6.64. The van der Waals surface area contributed by atoms with E-state index in [-0.39, 0.29) is 22.3 Å². The molecule has 4 aromatic carbocycles. The molecule has 0 amide bonds. The number of nitrogens with zero attached hydrogens (tertiary/aromatic N) is 5. The third kappa shape index (κ3) is 3.09. The molecule has 0 atom stereocenters. The van der Waals surface area contributed by atoms with Crippen LogP contribution in [0.5, 0.6) is 0 Å². The van der Waals surface area contributed by atoms with Gasteiger partial charge in [0.15, 0.2) is 0 Å². The monoisotopic (exact) mass is 459 g/mol. The summed E-state index contributed by atoms with van der Waals surface area (Å²) in [6.45, 7) is 3.98. The highest BCUT2D eigenvalue weighted by Crippen LogP contribution is 2.46. The summed E-state index contributed by atoms with van der Waals surface area (Å²) in [5.41, 5.74) is 6.17. The van der Waals surface area contributed by atoms with E-state index in [9.17, 15) is 21.0 Å². The second kappa shape index (κ2) is 8.70. The fraction of sp³-hybridized carbons (Fsp3) is 0.0645. The average molecular weight is 460 g/mol. The van der Waals surface area contributed by atoms with Gasteiger partial charge in [-0.15, -0.1) is 0 Å². The predicted molar refractivity (Wildman–Crippen MR) is 138 cm³/mol. The number of pyridine rings is 1. The zero-order valence-electron chi connectivity index (χ0n) is 19.6. The van der Waals surface area contributed by atoms with Gasteiger partial charge in [0.1, 0.15) is 24.3 Å². The lowest BCUT2D eigenvalue weighted by atomic mass is 9.81. The van der Waals surface area contributed by atoms with Crippen LogP contribution in [0.2, 0.25) is 0 Å². The number of nitriles is 4. The van der Waals surface area contributed by atoms with Gasteiger partial charge in [-0.3, -0.25) is 4.98 Å². The molecule has 5 rings (SSSR count). The highest BCUT2D eigenvalue weighted by Gasteiger charge is 2.27. The maximum absolute atomic E-state index is 10.3. The molecule has 0 aliphatic rings. The van der Waals surface area contributed by atoms with Crippen molar-refractivity contribution < 1.29 is 0 Å². The molecule has 0 spiro atoms. The Balaban J connectivity index is 2.14. The van der Waals surface area contributed by atoms with Crippen molar-refractivity contribution in [3.63, 3.8) is 0 Å². The summed E-state index contributed by atoms with van der Waals surface area (Å²) in [4.78, 5) is 4.63. The summed E-state index contributed by atoms with van der Waals surface area (Å²) in [7, 11) is 0. The first-order chi connectivity index (χ1) is 17.6. The molecule has 0 unspecified atom stereocenters. The summed E-state index contributed by atoms with van der Waals surface area (Å²) < 4.78 is 0. The van der Waals surface area contributed by atoms with Crippen LogP contribution in [0.25, 0.3) is 43.9 Å². The zero-order valence-corrected chi connectivity index (χ0v) is 19.6. The van der Waals surface area contributed by atoms with Crippen molar-refractivity contribution in [2.45, 2.75) is 13.8 Å². The van der Waals surface area contributed by atoms with Gasteiger partial charge in [-0.2, -0.15) is 21.0 Å². The SMILES string of the molecule is Cc1ccccc1-c1ccccc1-c1c(C)c2ncccc2c2c(C#N)c(C#N)c(C#N)c(C#N)c12. The van der Waals surface area contributed by atoms with Gasteiger partial charge in [0, 0.05) is 22.4 Å². The summed E-state index contributed by atoms with van der Waals surface area (Å²) >= 11 is 0. The largest absolute Gasteiger partial charge is 0.256 e. The number of fused-ring (bicyclic) bond motifs is 3. The standard InChI is InChI=1S/C31H17N5/c1-18-8-3-4-9-20(18)21-10-5-6-11-22(21)28-19(2)31-23(12-7-13-36-31)29-26(16-34)24(14-32)25(15-33)27(17-35)30(28)29/h3-13H,1-2H3. The number of hydrogen-bond donors (Lipinski definition) is 0. The molecule has 0 N–H and O–H groups in total. The van der Waals surface area contributed by atoms with Gasteiger partial charge < -0.3 is 0 Å². The second-order valence-corrected chi connectivity index (χ2v) is 8.46. The summed E-state index contributed by atoms with van der Waals surface area (Å²) in [6.07, 6.45) is 1.68. The third-order valence-corrected chi connectivity index (χ3v) is 6.64. The topological polar surface area (TPSA) is 108 Å². The summed E-state index contributed by atoms with van der Waals surface area (Å²) in [5, 5.41) is 42.0. The Morgan fingerprint density at radius 1 is 0.583 bits per heavy atom. The lowest BCUT2D eigenvalue weighted by Gasteiger charge is -2.20. The van der Waals surface area contributed by atoms with Crippen molar-refractivity contribution in [1.82, 2.24) is 4.98 Å². The molecule has 166 valence electrons. The van der Waals surface area contributed by atoms with Gasteiger partial charge in [-0.1, -0.05) is 54.6 Å². The summed E-state index contributed by atoms with van der Waals surface area (Å²) in [6, 6.07) is 27.9. The van der Waals surface area contributed by atoms with Crippen LogP contribution < -0.4 is 0 Å². The van der Waals surface area contributed by atoms with Crippen molar-refractivity contribution in [3.8, 4) is 46.5 Å². The molecule has 0 saturated heterocycles. The zero-order chi connectivity index (χ0) is 25.4. The molecular formula is C31H17N5. The first-order valence-corrected chi connectivity index (χ1v) is 11.2. The minimum atomic E-state index is -0.0869. The molecule has 0 saturated carbocycles. The second-order valence-electron chi connectivity index (χ2n) is 8.46. The molecule has 0 aliphatic heterocycles. The Hall–Kier alpha value is -5.49. The molecule has 5 aromatic rings. The molecule has 0 fully saturated rings. The minimum absolute atomic E-state index is 0.0793. The van der Waals surface area contributed by atoms with Crippen LogP contribution in [0.4, 0.5) is 0 Å². The van der Waals surface area contributed by atoms with E-state index in [1.165, 1.54) is 0 Å². The maximum atomic E-state index is 10.3. The van der Waals surface area contributed by atoms with Crippen molar-refractivity contribution in [2.75, 3.05) is 0 Å². The Kier molecular flexibility index (Phi) is 5.39. The molecule has 0 bridgehead atoms. The minimum Gasteiger partial charge on any atom is -0.256 e. The van der Waals surface area contributed by atoms with Crippen LogP contribution in [0.3, 0.4) is 0 Å². The van der Waals surface area contributed by atoms with Crippen molar-refractivity contribution in [3.05, 3.63) is 100 Å². The van der Waals surface area contributed by atoms with Gasteiger partial charge in [-0.05, 0) is 53.3 Å². The van der Waals surface area contributed by atoms with E-state index < -0.39 is 0 Å². The molecular weight excluding hydrogens is 442 g/mol. The first kappa shape index (κ1) is 22.3. The molecule has 5 nitrogen and oxygen atoms in total. The number of rotatable bonds is 2. The number of aryl methyl sites for hydroxylation is 2. The molecule has 0 radical (unpaired) electrons. The summed E-state index contributed by atoms with van der Waals surface area (Å²) in [5.74, 6) is 0. The van der Waals surface area contributed by atoms with Crippen LogP contribution >= 0.6 is 0 Å². The number of aromatic nitrogens is 1. The molecule has 0 aliphatic carbocycles. The maximum Gasteiger partial charge on any atom is 0.102 e. The van der Waals surface area contributed by atoms with Gasteiger partial charge in [0.2, 0.25) is 0 Å². The van der Waals surface area contributed by atoms with Gasteiger partial charge >= 0.3 is 0 Å². The average Bonchev–Trinajstić information content (AvgIpc) is 2.92. The van der Waals surface area contributed by atoms with Crippen LogP contribution in [0.1, 0.15) is 33.4 Å². The lowest BCUT2D eigenvalue weighted by molar-refractivity contribution is 1.36. The Bertz CT molecular complexity index is 1900. The van der Waals surface area contributed by atoms with E-state index in [0.717, 1.165) is 33.4 Å². The van der Waals surface area contributed by atoms with Gasteiger partial charge in [0.05, 0.1) is 27.8 Å². The Morgan fingerprint density at radius 3 is 1.75 bits per heavy atom. The number of benzene rings is 4. The van der Waals surface area contributed by atoms with Gasteiger partial charge in [0.25, 0.3) is 0 Å². The van der Waals surface area contributed by atoms with Crippen LogP contribution in [0, 0.1) is 59.2 Å². The van der Waals surface area contributed by atoms with Crippen molar-refractivity contribution in [2.24, 2.45) is 0 Å². The van der Waals surface area contributed by atoms with Crippen LogP contribution in [-0.4, -0.2) is 4.98 Å². The predicted octanol–water partition coefficient (Wildman–Crippen LogP) is 6.83. The first-order valence-electron chi connectivity index (χ1n) is 11.2. The number of hydrogen-bond acceptors (Lipinski definition) is 5. The normalized spacial score (nSPS) is 10.4. The smallest absolute Gasteiger partial charge is 0.102 e. The molecule has 1 heterocycles. The van der Waals surface area contributed by atoms with E-state index in [0.29, 0.717) is 21.7 Å². The van der Waals surface area contributed by atoms with E-state index in [4.69, 9.17) is 0 Å².